The minimum atomic E-state index is -1.02. The van der Waals surface area contributed by atoms with E-state index in [0.717, 1.165) is 11.1 Å². The molecule has 0 spiro atoms. The number of carboxylic acids is 1. The fourth-order valence-corrected chi connectivity index (χ4v) is 1.24. The summed E-state index contributed by atoms with van der Waals surface area (Å²) in [4.78, 5) is 13.2. The van der Waals surface area contributed by atoms with Crippen LogP contribution in [0.25, 0.3) is 10.4 Å². The molecule has 1 aromatic rings. The molecule has 6 nitrogen and oxygen atoms in total. The highest BCUT2D eigenvalue weighted by Gasteiger charge is 2.11. The lowest BCUT2D eigenvalue weighted by molar-refractivity contribution is -0.138. The number of aliphatic carboxylic acids is 1. The minimum absolute atomic E-state index is 0. The van der Waals surface area contributed by atoms with Crippen molar-refractivity contribution in [1.82, 2.24) is 0 Å². The predicted molar refractivity (Wildman–Crippen MR) is 65.9 cm³/mol. The van der Waals surface area contributed by atoms with E-state index in [9.17, 15) is 4.79 Å². The fourth-order valence-electron chi connectivity index (χ4n) is 1.24. The molecule has 1 rings (SSSR count). The van der Waals surface area contributed by atoms with E-state index < -0.39 is 12.0 Å². The largest absolute Gasteiger partial charge is 0.480 e. The van der Waals surface area contributed by atoms with E-state index in [1.165, 1.54) is 0 Å². The summed E-state index contributed by atoms with van der Waals surface area (Å²) < 4.78 is 0. The SMILES string of the molecule is Cl.[N-]=[N+]=NCc1ccc(CC(N)C(=O)O)cc1. The third kappa shape index (κ3) is 5.21. The second-order valence-corrected chi connectivity index (χ2v) is 3.35. The van der Waals surface area contributed by atoms with Crippen LogP contribution in [0.4, 0.5) is 0 Å². The Morgan fingerprint density at radius 3 is 2.41 bits per heavy atom. The lowest BCUT2D eigenvalue weighted by Gasteiger charge is -2.06. The first kappa shape index (κ1) is 15.2. The van der Waals surface area contributed by atoms with Crippen LogP contribution in [0.5, 0.6) is 0 Å². The molecule has 0 aromatic heterocycles. The highest BCUT2D eigenvalue weighted by atomic mass is 35.5. The van der Waals surface area contributed by atoms with Crippen molar-refractivity contribution in [3.05, 3.63) is 45.8 Å². The average Bonchev–Trinajstić information content (AvgIpc) is 2.28. The van der Waals surface area contributed by atoms with E-state index in [2.05, 4.69) is 10.0 Å². The summed E-state index contributed by atoms with van der Waals surface area (Å²) in [7, 11) is 0. The number of hydrogen-bond acceptors (Lipinski definition) is 3. The molecule has 0 saturated heterocycles. The molecular weight excluding hydrogens is 244 g/mol. The molecule has 0 aliphatic rings. The topological polar surface area (TPSA) is 112 Å². The second kappa shape index (κ2) is 7.51. The van der Waals surface area contributed by atoms with Gasteiger partial charge in [-0.2, -0.15) is 0 Å². The maximum Gasteiger partial charge on any atom is 0.320 e. The highest BCUT2D eigenvalue weighted by molar-refractivity contribution is 5.85. The molecule has 92 valence electrons. The predicted octanol–water partition coefficient (Wildman–Crippen LogP) is 1.87. The van der Waals surface area contributed by atoms with Crippen molar-refractivity contribution in [2.45, 2.75) is 19.0 Å². The lowest BCUT2D eigenvalue weighted by Crippen LogP contribution is -2.32. The Bertz CT molecular complexity index is 415. The van der Waals surface area contributed by atoms with E-state index in [0.29, 0.717) is 6.54 Å². The number of hydrogen-bond donors (Lipinski definition) is 2. The Morgan fingerprint density at radius 1 is 1.41 bits per heavy atom. The maximum absolute atomic E-state index is 10.5. The molecule has 0 fully saturated rings. The van der Waals surface area contributed by atoms with Crippen molar-refractivity contribution in [3.8, 4) is 0 Å². The summed E-state index contributed by atoms with van der Waals surface area (Å²) in [5.74, 6) is -1.02. The van der Waals surface area contributed by atoms with Crippen molar-refractivity contribution in [3.63, 3.8) is 0 Å². The van der Waals surface area contributed by atoms with Crippen molar-refractivity contribution in [2.75, 3.05) is 0 Å². The first-order valence-electron chi connectivity index (χ1n) is 4.70. The number of rotatable bonds is 5. The zero-order valence-electron chi connectivity index (χ0n) is 8.98. The van der Waals surface area contributed by atoms with E-state index in [1.54, 1.807) is 24.3 Å². The van der Waals surface area contributed by atoms with Gasteiger partial charge < -0.3 is 10.8 Å². The zero-order valence-corrected chi connectivity index (χ0v) is 9.80. The average molecular weight is 257 g/mol. The summed E-state index contributed by atoms with van der Waals surface area (Å²) in [5, 5.41) is 12.1. The first-order chi connectivity index (χ1) is 7.63. The molecule has 0 aliphatic heterocycles. The molecule has 1 unspecified atom stereocenters. The summed E-state index contributed by atoms with van der Waals surface area (Å²) in [6, 6.07) is 6.26. The number of carboxylic acid groups (broad SMARTS) is 1. The van der Waals surface area contributed by atoms with Crippen LogP contribution in [0.1, 0.15) is 11.1 Å². The Balaban J connectivity index is 0.00000256. The third-order valence-corrected chi connectivity index (χ3v) is 2.11. The van der Waals surface area contributed by atoms with Crippen molar-refractivity contribution < 1.29 is 9.90 Å². The van der Waals surface area contributed by atoms with Crippen molar-refractivity contribution in [1.29, 1.82) is 0 Å². The second-order valence-electron chi connectivity index (χ2n) is 3.35. The van der Waals surface area contributed by atoms with Gasteiger partial charge in [-0.05, 0) is 23.1 Å². The summed E-state index contributed by atoms with van der Waals surface area (Å²) >= 11 is 0. The Morgan fingerprint density at radius 2 is 1.94 bits per heavy atom. The van der Waals surface area contributed by atoms with Gasteiger partial charge in [-0.1, -0.05) is 29.4 Å². The van der Waals surface area contributed by atoms with E-state index in [1.807, 2.05) is 0 Å². The number of azide groups is 1. The number of carbonyl (C=O) groups is 1. The van der Waals surface area contributed by atoms with Crippen LogP contribution >= 0.6 is 12.4 Å². The Labute approximate surface area is 104 Å². The number of nitrogens with two attached hydrogens (primary N) is 1. The molecular formula is C10H13ClN4O2. The smallest absolute Gasteiger partial charge is 0.320 e. The van der Waals surface area contributed by atoms with Gasteiger partial charge >= 0.3 is 5.97 Å². The third-order valence-electron chi connectivity index (χ3n) is 2.11. The van der Waals surface area contributed by atoms with Gasteiger partial charge in [-0.15, -0.1) is 12.4 Å². The van der Waals surface area contributed by atoms with Gasteiger partial charge in [0, 0.05) is 4.91 Å². The van der Waals surface area contributed by atoms with Crippen molar-refractivity contribution in [2.24, 2.45) is 10.8 Å². The van der Waals surface area contributed by atoms with Crippen LogP contribution in [-0.4, -0.2) is 17.1 Å². The lowest BCUT2D eigenvalue weighted by atomic mass is 10.0. The molecule has 17 heavy (non-hydrogen) atoms. The van der Waals surface area contributed by atoms with Gasteiger partial charge in [0.05, 0.1) is 6.54 Å². The summed E-state index contributed by atoms with van der Waals surface area (Å²) in [6.45, 7) is 0.293. The van der Waals surface area contributed by atoms with E-state index in [4.69, 9.17) is 16.4 Å². The molecule has 0 aliphatic carbocycles. The van der Waals surface area contributed by atoms with Crippen LogP contribution in [0.2, 0.25) is 0 Å². The van der Waals surface area contributed by atoms with Crippen LogP contribution in [0, 0.1) is 0 Å². The molecule has 3 N–H and O–H groups in total. The Kier molecular flexibility index (Phi) is 6.74. The molecule has 7 heteroatoms. The standard InChI is InChI=1S/C10H12N4O2.ClH/c11-9(10(15)16)5-7-1-3-8(4-2-7)6-13-14-12;/h1-4,9H,5-6,11H2,(H,15,16);1H. The molecule has 0 saturated carbocycles. The molecule has 1 atom stereocenters. The normalized spacial score (nSPS) is 10.9. The van der Waals surface area contributed by atoms with Crippen LogP contribution in [-0.2, 0) is 17.8 Å². The molecule has 1 aromatic carbocycles. The highest BCUT2D eigenvalue weighted by Crippen LogP contribution is 2.07. The molecule has 0 radical (unpaired) electrons. The van der Waals surface area contributed by atoms with E-state index >= 15 is 0 Å². The number of benzene rings is 1. The fraction of sp³-hybridized carbons (Fsp3) is 0.300. The molecule has 0 heterocycles. The van der Waals surface area contributed by atoms with E-state index in [-0.39, 0.29) is 18.8 Å². The Hall–Kier alpha value is -1.75. The van der Waals surface area contributed by atoms with Gasteiger partial charge in [0.1, 0.15) is 6.04 Å². The summed E-state index contributed by atoms with van der Waals surface area (Å²) in [5.41, 5.74) is 15.3. The van der Waals surface area contributed by atoms with Gasteiger partial charge in [0.2, 0.25) is 0 Å². The monoisotopic (exact) mass is 256 g/mol. The van der Waals surface area contributed by atoms with Crippen molar-refractivity contribution >= 4 is 18.4 Å². The van der Waals surface area contributed by atoms with Gasteiger partial charge in [0.25, 0.3) is 0 Å². The summed E-state index contributed by atoms with van der Waals surface area (Å²) in [6.07, 6.45) is 0.289. The molecule has 0 bridgehead atoms. The van der Waals surface area contributed by atoms with Crippen LogP contribution < -0.4 is 5.73 Å². The first-order valence-corrected chi connectivity index (χ1v) is 4.70. The zero-order chi connectivity index (χ0) is 12.0. The van der Waals surface area contributed by atoms with Gasteiger partial charge in [0.15, 0.2) is 0 Å². The van der Waals surface area contributed by atoms with Crippen LogP contribution in [0.15, 0.2) is 29.4 Å². The maximum atomic E-state index is 10.5. The quantitative estimate of drug-likeness (QED) is 0.476. The van der Waals surface area contributed by atoms with Crippen LogP contribution in [0.3, 0.4) is 0 Å². The van der Waals surface area contributed by atoms with Gasteiger partial charge in [-0.25, -0.2) is 0 Å². The van der Waals surface area contributed by atoms with Gasteiger partial charge in [-0.3, -0.25) is 4.79 Å². The molecule has 0 amide bonds. The number of nitrogens with zero attached hydrogens (tertiary/aromatic N) is 3. The number of halogens is 1. The minimum Gasteiger partial charge on any atom is -0.480 e.